The fourth-order valence-corrected chi connectivity index (χ4v) is 4.01. The Bertz CT molecular complexity index is 1240. The summed E-state index contributed by atoms with van der Waals surface area (Å²) >= 11 is 0. The van der Waals surface area contributed by atoms with E-state index in [1.54, 1.807) is 18.3 Å². The molecule has 0 aromatic carbocycles. The molecule has 3 N–H and O–H groups in total. The number of hydrogen-bond acceptors (Lipinski definition) is 8. The third-order valence-corrected chi connectivity index (χ3v) is 6.72. The van der Waals surface area contributed by atoms with E-state index in [0.717, 1.165) is 41.3 Å². The van der Waals surface area contributed by atoms with Gasteiger partial charge in [0.1, 0.15) is 23.8 Å². The van der Waals surface area contributed by atoms with Gasteiger partial charge in [-0.3, -0.25) is 0 Å². The molecule has 0 amide bonds. The zero-order valence-electron chi connectivity index (χ0n) is 19.4. The van der Waals surface area contributed by atoms with Crippen LogP contribution in [-0.2, 0) is 10.3 Å². The summed E-state index contributed by atoms with van der Waals surface area (Å²) in [6.07, 6.45) is 6.47. The van der Waals surface area contributed by atoms with Gasteiger partial charge in [0.05, 0.1) is 16.6 Å². The summed E-state index contributed by atoms with van der Waals surface area (Å²) in [6, 6.07) is 5.48. The van der Waals surface area contributed by atoms with Crippen molar-refractivity contribution in [2.24, 2.45) is 5.73 Å². The van der Waals surface area contributed by atoms with Crippen molar-refractivity contribution in [3.63, 3.8) is 0 Å². The number of pyridine rings is 3. The Morgan fingerprint density at radius 2 is 1.97 bits per heavy atom. The molecule has 1 aliphatic heterocycles. The van der Waals surface area contributed by atoms with Crippen LogP contribution in [0.15, 0.2) is 30.6 Å². The second-order valence-electron chi connectivity index (χ2n) is 9.33. The van der Waals surface area contributed by atoms with Crippen LogP contribution in [0.2, 0.25) is 0 Å². The predicted molar refractivity (Wildman–Crippen MR) is 126 cm³/mol. The van der Waals surface area contributed by atoms with Gasteiger partial charge in [-0.2, -0.15) is 0 Å². The number of aromatic nitrogens is 3. The first-order valence-electron chi connectivity index (χ1n) is 11.5. The molecule has 0 spiro atoms. The topological polar surface area (TPSA) is 112 Å². The van der Waals surface area contributed by atoms with E-state index in [-0.39, 0.29) is 24.1 Å². The van der Waals surface area contributed by atoms with Gasteiger partial charge in [-0.15, -0.1) is 0 Å². The zero-order valence-corrected chi connectivity index (χ0v) is 19.4. The minimum atomic E-state index is -0.544. The van der Waals surface area contributed by atoms with Crippen molar-refractivity contribution in [2.45, 2.75) is 70.6 Å². The normalized spacial score (nSPS) is 21.8. The van der Waals surface area contributed by atoms with Gasteiger partial charge in [-0.1, -0.05) is 13.8 Å². The number of anilines is 2. The monoisotopic (exact) mass is 447 g/mol. The molecule has 3 aromatic rings. The van der Waals surface area contributed by atoms with Gasteiger partial charge in [0, 0.05) is 23.9 Å². The van der Waals surface area contributed by atoms with Crippen molar-refractivity contribution in [1.82, 2.24) is 15.0 Å². The maximum absolute atomic E-state index is 12.2. The predicted octanol–water partition coefficient (Wildman–Crippen LogP) is 4.56. The largest absolute Gasteiger partial charge is 0.474 e. The molecular weight excluding hydrogens is 418 g/mol. The van der Waals surface area contributed by atoms with E-state index < -0.39 is 5.54 Å². The maximum Gasteiger partial charge on any atom is 0.340 e. The lowest BCUT2D eigenvalue weighted by Crippen LogP contribution is -2.32. The number of rotatable bonds is 6. The molecular formula is C25H29N5O3. The molecule has 0 radical (unpaired) electrons. The average Bonchev–Trinajstić information content (AvgIpc) is 3.61. The number of nitrogens with two attached hydrogens (primary N) is 1. The Hall–Kier alpha value is -3.26. The average molecular weight is 448 g/mol. The molecule has 2 aliphatic rings. The van der Waals surface area contributed by atoms with Crippen LogP contribution in [0.25, 0.3) is 10.8 Å². The molecule has 172 valence electrons. The van der Waals surface area contributed by atoms with Crippen molar-refractivity contribution in [3.05, 3.63) is 47.4 Å². The quantitative estimate of drug-likeness (QED) is 0.529. The molecule has 33 heavy (non-hydrogen) atoms. The van der Waals surface area contributed by atoms with E-state index in [9.17, 15) is 4.79 Å². The Balaban J connectivity index is 1.54. The second kappa shape index (κ2) is 7.95. The first-order chi connectivity index (χ1) is 15.8. The molecule has 8 nitrogen and oxygen atoms in total. The van der Waals surface area contributed by atoms with Crippen LogP contribution in [0.1, 0.15) is 74.5 Å². The van der Waals surface area contributed by atoms with Crippen molar-refractivity contribution in [3.8, 4) is 5.88 Å². The molecule has 1 fully saturated rings. The first-order valence-corrected chi connectivity index (χ1v) is 11.5. The van der Waals surface area contributed by atoms with E-state index >= 15 is 0 Å². The third-order valence-electron chi connectivity index (χ3n) is 6.72. The van der Waals surface area contributed by atoms with Gasteiger partial charge in [-0.05, 0) is 62.3 Å². The number of esters is 1. The van der Waals surface area contributed by atoms with E-state index in [4.69, 9.17) is 20.2 Å². The van der Waals surface area contributed by atoms with Crippen LogP contribution in [0.4, 0.5) is 11.6 Å². The van der Waals surface area contributed by atoms with Crippen molar-refractivity contribution in [1.29, 1.82) is 0 Å². The highest BCUT2D eigenvalue weighted by Crippen LogP contribution is 2.37. The third kappa shape index (κ3) is 3.99. The number of ether oxygens (including phenoxy) is 2. The van der Waals surface area contributed by atoms with Gasteiger partial charge in [-0.25, -0.2) is 19.7 Å². The lowest BCUT2D eigenvalue weighted by molar-refractivity contribution is 0.0235. The highest BCUT2D eigenvalue weighted by molar-refractivity contribution is 5.93. The van der Waals surface area contributed by atoms with Gasteiger partial charge in [0.15, 0.2) is 0 Å². The molecule has 4 heterocycles. The molecule has 8 heteroatoms. The standard InChI is InChI=1S/C25H29N5O3/c1-5-25(4,26)19-12-28-23(33-15-6-7-15)18-11-27-21(10-17(18)19)29-20-9-8-16-22(30-20)13(2)14(3)32-24(16)31/h8-15H,5-7,26H2,1-4H3,(H,27,29,30)/t13-,14-,25+/m0/s1. The second-order valence-corrected chi connectivity index (χ2v) is 9.33. The maximum atomic E-state index is 12.2. The summed E-state index contributed by atoms with van der Waals surface area (Å²) in [4.78, 5) is 26.1. The first kappa shape index (κ1) is 21.6. The fraction of sp³-hybridized carbons (Fsp3) is 0.440. The van der Waals surface area contributed by atoms with Crippen molar-refractivity contribution >= 4 is 28.4 Å². The van der Waals surface area contributed by atoms with Gasteiger partial charge < -0.3 is 20.5 Å². The molecule has 0 saturated heterocycles. The van der Waals surface area contributed by atoms with Crippen LogP contribution in [0.3, 0.4) is 0 Å². The summed E-state index contributed by atoms with van der Waals surface area (Å²) in [6.45, 7) is 7.96. The highest BCUT2D eigenvalue weighted by Gasteiger charge is 2.32. The SMILES string of the molecule is CC[C@@](C)(N)c1cnc(OC2CC2)c2cnc(Nc3ccc4c(n3)[C@@H](C)[C@H](C)OC4=O)cc12. The van der Waals surface area contributed by atoms with Gasteiger partial charge >= 0.3 is 5.97 Å². The Morgan fingerprint density at radius 3 is 2.70 bits per heavy atom. The molecule has 1 aliphatic carbocycles. The minimum absolute atomic E-state index is 0.00585. The number of fused-ring (bicyclic) bond motifs is 2. The number of nitrogens with one attached hydrogen (secondary N) is 1. The Kier molecular flexibility index (Phi) is 5.20. The number of nitrogens with zero attached hydrogens (tertiary/aromatic N) is 3. The van der Waals surface area contributed by atoms with E-state index in [0.29, 0.717) is 23.1 Å². The minimum Gasteiger partial charge on any atom is -0.474 e. The summed E-state index contributed by atoms with van der Waals surface area (Å²) < 4.78 is 11.4. The molecule has 1 saturated carbocycles. The lowest BCUT2D eigenvalue weighted by atomic mass is 9.88. The van der Waals surface area contributed by atoms with Crippen LogP contribution in [0.5, 0.6) is 5.88 Å². The smallest absolute Gasteiger partial charge is 0.340 e. The van der Waals surface area contributed by atoms with Crippen LogP contribution >= 0.6 is 0 Å². The van der Waals surface area contributed by atoms with Crippen LogP contribution in [0, 0.1) is 0 Å². The molecule has 3 atom stereocenters. The molecule has 3 aromatic heterocycles. The lowest BCUT2D eigenvalue weighted by Gasteiger charge is -2.27. The number of carbonyl (C=O) groups is 1. The number of carbonyl (C=O) groups excluding carboxylic acids is 1. The number of cyclic esters (lactones) is 1. The van der Waals surface area contributed by atoms with Crippen molar-refractivity contribution in [2.75, 3.05) is 5.32 Å². The van der Waals surface area contributed by atoms with Gasteiger partial charge in [0.25, 0.3) is 0 Å². The van der Waals surface area contributed by atoms with E-state index in [2.05, 4.69) is 22.2 Å². The van der Waals surface area contributed by atoms with Crippen LogP contribution in [-0.4, -0.2) is 33.1 Å². The fourth-order valence-electron chi connectivity index (χ4n) is 4.01. The van der Waals surface area contributed by atoms with E-state index in [1.807, 2.05) is 33.0 Å². The number of hydrogen-bond donors (Lipinski definition) is 2. The van der Waals surface area contributed by atoms with Crippen LogP contribution < -0.4 is 15.8 Å². The molecule has 0 unspecified atom stereocenters. The zero-order chi connectivity index (χ0) is 23.3. The Labute approximate surface area is 192 Å². The summed E-state index contributed by atoms with van der Waals surface area (Å²) in [7, 11) is 0. The Morgan fingerprint density at radius 1 is 1.18 bits per heavy atom. The molecule has 5 rings (SSSR count). The van der Waals surface area contributed by atoms with Gasteiger partial charge in [0.2, 0.25) is 5.88 Å². The summed E-state index contributed by atoms with van der Waals surface area (Å²) in [5, 5.41) is 5.09. The summed E-state index contributed by atoms with van der Waals surface area (Å²) in [5.74, 6) is 1.51. The highest BCUT2D eigenvalue weighted by atomic mass is 16.5. The van der Waals surface area contributed by atoms with E-state index in [1.165, 1.54) is 0 Å². The summed E-state index contributed by atoms with van der Waals surface area (Å²) in [5.41, 5.74) is 8.25. The van der Waals surface area contributed by atoms with Crippen molar-refractivity contribution < 1.29 is 14.3 Å². The molecule has 0 bridgehead atoms.